The molecular formula is C13H12F2O. The number of hydrogen-bond donors (Lipinski definition) is 0. The number of carbonyl (C=O) groups excluding carboxylic acids is 1. The van der Waals surface area contributed by atoms with Gasteiger partial charge in [0.25, 0.3) is 5.92 Å². The van der Waals surface area contributed by atoms with Crippen LogP contribution < -0.4 is 0 Å². The molecule has 0 aliphatic carbocycles. The molecule has 0 unspecified atom stereocenters. The highest BCUT2D eigenvalue weighted by atomic mass is 19.3. The van der Waals surface area contributed by atoms with E-state index in [1.807, 2.05) is 0 Å². The average molecular weight is 222 g/mol. The molecule has 3 heteroatoms. The molecule has 84 valence electrons. The van der Waals surface area contributed by atoms with E-state index in [1.54, 1.807) is 18.2 Å². The summed E-state index contributed by atoms with van der Waals surface area (Å²) in [4.78, 5) is 11.5. The van der Waals surface area contributed by atoms with Gasteiger partial charge >= 0.3 is 0 Å². The Bertz CT molecular complexity index is 413. The van der Waals surface area contributed by atoms with Crippen LogP contribution in [-0.2, 0) is 0 Å². The molecular weight excluding hydrogens is 210 g/mol. The van der Waals surface area contributed by atoms with Crippen molar-refractivity contribution in [2.24, 2.45) is 0 Å². The Morgan fingerprint density at radius 2 is 1.94 bits per heavy atom. The van der Waals surface area contributed by atoms with Gasteiger partial charge in [-0.25, -0.2) is 8.78 Å². The quantitative estimate of drug-likeness (QED) is 0.564. The molecule has 1 aromatic rings. The molecule has 1 rings (SSSR count). The van der Waals surface area contributed by atoms with Crippen LogP contribution in [0.1, 0.15) is 30.1 Å². The minimum Gasteiger partial charge on any atom is -0.294 e. The highest BCUT2D eigenvalue weighted by Gasteiger charge is 2.31. The molecule has 0 bridgehead atoms. The average Bonchev–Trinajstić information content (AvgIpc) is 2.27. The zero-order chi connectivity index (χ0) is 12.0. The van der Waals surface area contributed by atoms with Crippen LogP contribution in [0.15, 0.2) is 30.3 Å². The first kappa shape index (κ1) is 12.4. The number of hydrogen-bond acceptors (Lipinski definition) is 1. The fourth-order valence-corrected chi connectivity index (χ4v) is 1.24. The molecule has 0 aliphatic rings. The number of carbonyl (C=O) groups is 1. The SMILES string of the molecule is CC#CCC(F)(F)CC(=O)c1ccccc1. The van der Waals surface area contributed by atoms with Gasteiger partial charge < -0.3 is 0 Å². The van der Waals surface area contributed by atoms with E-state index in [-0.39, 0.29) is 0 Å². The Labute approximate surface area is 93.5 Å². The number of benzene rings is 1. The van der Waals surface area contributed by atoms with Gasteiger partial charge in [0, 0.05) is 5.56 Å². The molecule has 0 heterocycles. The molecule has 16 heavy (non-hydrogen) atoms. The maximum absolute atomic E-state index is 13.2. The molecule has 0 aliphatic heterocycles. The molecule has 0 N–H and O–H groups in total. The Morgan fingerprint density at radius 3 is 2.50 bits per heavy atom. The molecule has 0 saturated carbocycles. The number of alkyl halides is 2. The van der Waals surface area contributed by atoms with E-state index in [0.29, 0.717) is 5.56 Å². The Balaban J connectivity index is 2.66. The van der Waals surface area contributed by atoms with Gasteiger partial charge in [-0.05, 0) is 6.92 Å². The van der Waals surface area contributed by atoms with Crippen LogP contribution in [0, 0.1) is 11.8 Å². The first-order chi connectivity index (χ1) is 7.55. The van der Waals surface area contributed by atoms with Crippen molar-refractivity contribution in [1.82, 2.24) is 0 Å². The fourth-order valence-electron chi connectivity index (χ4n) is 1.24. The minimum absolute atomic E-state index is 0.312. The summed E-state index contributed by atoms with van der Waals surface area (Å²) in [6, 6.07) is 8.10. The van der Waals surface area contributed by atoms with Crippen molar-refractivity contribution in [3.63, 3.8) is 0 Å². The van der Waals surface area contributed by atoms with Gasteiger partial charge in [-0.1, -0.05) is 36.3 Å². The van der Waals surface area contributed by atoms with Crippen molar-refractivity contribution in [1.29, 1.82) is 0 Å². The molecule has 0 radical (unpaired) electrons. The Hall–Kier alpha value is -1.69. The summed E-state index contributed by atoms with van der Waals surface area (Å²) < 4.78 is 26.4. The number of halogens is 2. The van der Waals surface area contributed by atoms with Crippen LogP contribution in [0.2, 0.25) is 0 Å². The lowest BCUT2D eigenvalue weighted by molar-refractivity contribution is 0.00227. The lowest BCUT2D eigenvalue weighted by atomic mass is 10.0. The van der Waals surface area contributed by atoms with E-state index in [9.17, 15) is 13.6 Å². The zero-order valence-corrected chi connectivity index (χ0v) is 8.97. The Kier molecular flexibility index (Phi) is 4.19. The predicted octanol–water partition coefficient (Wildman–Crippen LogP) is 3.31. The summed E-state index contributed by atoms with van der Waals surface area (Å²) in [5.74, 6) is 1.09. The molecule has 0 fully saturated rings. The minimum atomic E-state index is -3.05. The largest absolute Gasteiger partial charge is 0.294 e. The second-order valence-electron chi connectivity index (χ2n) is 3.43. The highest BCUT2D eigenvalue weighted by molar-refractivity contribution is 5.96. The molecule has 0 aromatic heterocycles. The standard InChI is InChI=1S/C13H12F2O/c1-2-3-9-13(14,15)10-12(16)11-7-5-4-6-8-11/h4-8H,9-10H2,1H3. The third-order valence-electron chi connectivity index (χ3n) is 2.04. The van der Waals surface area contributed by atoms with Crippen LogP contribution in [0.3, 0.4) is 0 Å². The summed E-state index contributed by atoms with van der Waals surface area (Å²) in [6.45, 7) is 1.50. The first-order valence-corrected chi connectivity index (χ1v) is 4.91. The summed E-state index contributed by atoms with van der Waals surface area (Å²) in [5.41, 5.74) is 0.312. The molecule has 0 atom stereocenters. The van der Waals surface area contributed by atoms with Gasteiger partial charge in [-0.3, -0.25) is 4.79 Å². The van der Waals surface area contributed by atoms with E-state index in [1.165, 1.54) is 19.1 Å². The van der Waals surface area contributed by atoms with E-state index in [0.717, 1.165) is 0 Å². The Morgan fingerprint density at radius 1 is 1.31 bits per heavy atom. The lowest BCUT2D eigenvalue weighted by Gasteiger charge is -2.11. The molecule has 0 spiro atoms. The maximum atomic E-state index is 13.2. The number of rotatable bonds is 4. The third-order valence-corrected chi connectivity index (χ3v) is 2.04. The smallest absolute Gasteiger partial charge is 0.266 e. The van der Waals surface area contributed by atoms with Gasteiger partial charge in [-0.2, -0.15) is 0 Å². The monoisotopic (exact) mass is 222 g/mol. The highest BCUT2D eigenvalue weighted by Crippen LogP contribution is 2.24. The topological polar surface area (TPSA) is 17.1 Å². The van der Waals surface area contributed by atoms with E-state index < -0.39 is 24.5 Å². The van der Waals surface area contributed by atoms with Crippen LogP contribution >= 0.6 is 0 Å². The van der Waals surface area contributed by atoms with Crippen molar-refractivity contribution < 1.29 is 13.6 Å². The van der Waals surface area contributed by atoms with Crippen molar-refractivity contribution >= 4 is 5.78 Å². The summed E-state index contributed by atoms with van der Waals surface area (Å²) >= 11 is 0. The summed E-state index contributed by atoms with van der Waals surface area (Å²) in [5, 5.41) is 0. The van der Waals surface area contributed by atoms with Crippen molar-refractivity contribution in [2.45, 2.75) is 25.7 Å². The lowest BCUT2D eigenvalue weighted by Crippen LogP contribution is -2.20. The predicted molar refractivity (Wildman–Crippen MR) is 58.4 cm³/mol. The van der Waals surface area contributed by atoms with Crippen LogP contribution in [0.5, 0.6) is 0 Å². The van der Waals surface area contributed by atoms with Gasteiger partial charge in [0.2, 0.25) is 0 Å². The van der Waals surface area contributed by atoms with E-state index in [4.69, 9.17) is 0 Å². The van der Waals surface area contributed by atoms with E-state index in [2.05, 4.69) is 11.8 Å². The second kappa shape index (κ2) is 5.41. The molecule has 1 aromatic carbocycles. The molecule has 1 nitrogen and oxygen atoms in total. The van der Waals surface area contributed by atoms with E-state index >= 15 is 0 Å². The van der Waals surface area contributed by atoms with Crippen LogP contribution in [0.25, 0.3) is 0 Å². The normalized spacial score (nSPS) is 10.4. The van der Waals surface area contributed by atoms with Crippen molar-refractivity contribution in [3.05, 3.63) is 35.9 Å². The second-order valence-corrected chi connectivity index (χ2v) is 3.43. The van der Waals surface area contributed by atoms with Crippen LogP contribution in [0.4, 0.5) is 8.78 Å². The van der Waals surface area contributed by atoms with Crippen molar-refractivity contribution in [2.75, 3.05) is 0 Å². The maximum Gasteiger partial charge on any atom is 0.266 e. The zero-order valence-electron chi connectivity index (χ0n) is 8.97. The third kappa shape index (κ3) is 3.82. The van der Waals surface area contributed by atoms with Crippen molar-refractivity contribution in [3.8, 4) is 11.8 Å². The van der Waals surface area contributed by atoms with Gasteiger partial charge in [-0.15, -0.1) is 5.92 Å². The van der Waals surface area contributed by atoms with Gasteiger partial charge in [0.1, 0.15) is 0 Å². The molecule has 0 saturated heterocycles. The first-order valence-electron chi connectivity index (χ1n) is 4.91. The summed E-state index contributed by atoms with van der Waals surface area (Å²) in [6.07, 6.45) is -1.35. The van der Waals surface area contributed by atoms with Gasteiger partial charge in [0.05, 0.1) is 12.8 Å². The number of ketones is 1. The summed E-state index contributed by atoms with van der Waals surface area (Å²) in [7, 11) is 0. The fraction of sp³-hybridized carbons (Fsp3) is 0.308. The number of Topliss-reactive ketones (excluding diaryl/α,β-unsaturated/α-hetero) is 1. The van der Waals surface area contributed by atoms with Gasteiger partial charge in [0.15, 0.2) is 5.78 Å². The molecule has 0 amide bonds. The van der Waals surface area contributed by atoms with Crippen LogP contribution in [-0.4, -0.2) is 11.7 Å².